The summed E-state index contributed by atoms with van der Waals surface area (Å²) in [4.78, 5) is 3.26. The molecule has 0 radical (unpaired) electrons. The fourth-order valence-electron chi connectivity index (χ4n) is 2.49. The normalized spacial score (nSPS) is 11.2. The van der Waals surface area contributed by atoms with Crippen LogP contribution < -0.4 is 4.74 Å². The van der Waals surface area contributed by atoms with Gasteiger partial charge < -0.3 is 9.72 Å². The molecular formula is C14H15BrN4OS. The van der Waals surface area contributed by atoms with E-state index < -0.39 is 0 Å². The molecule has 21 heavy (non-hydrogen) atoms. The zero-order chi connectivity index (χ0) is 15.1. The van der Waals surface area contributed by atoms with E-state index in [0.29, 0.717) is 4.77 Å². The first-order valence-electron chi connectivity index (χ1n) is 6.56. The third-order valence-electron chi connectivity index (χ3n) is 3.42. The zero-order valence-electron chi connectivity index (χ0n) is 12.0. The van der Waals surface area contributed by atoms with Gasteiger partial charge in [0.25, 0.3) is 0 Å². The van der Waals surface area contributed by atoms with Gasteiger partial charge in [-0.2, -0.15) is 5.10 Å². The SMILES string of the molecule is CCc1nn(C)c2c1[nH]c(=S)n2-c1cc(Br)cc(OC)c1. The summed E-state index contributed by atoms with van der Waals surface area (Å²) in [7, 11) is 3.58. The van der Waals surface area contributed by atoms with Crippen molar-refractivity contribution in [2.24, 2.45) is 7.05 Å². The van der Waals surface area contributed by atoms with Crippen molar-refractivity contribution in [3.63, 3.8) is 0 Å². The molecule has 0 aliphatic rings. The largest absolute Gasteiger partial charge is 0.497 e. The molecule has 0 bridgehead atoms. The number of halogens is 1. The molecule has 0 atom stereocenters. The second-order valence-corrected chi connectivity index (χ2v) is 6.04. The van der Waals surface area contributed by atoms with E-state index in [1.165, 1.54) is 0 Å². The number of aromatic amines is 1. The Balaban J connectivity index is 2.35. The van der Waals surface area contributed by atoms with Gasteiger partial charge in [0.1, 0.15) is 11.3 Å². The van der Waals surface area contributed by atoms with Crippen molar-refractivity contribution in [2.75, 3.05) is 7.11 Å². The summed E-state index contributed by atoms with van der Waals surface area (Å²) < 4.78 is 10.7. The van der Waals surface area contributed by atoms with Crippen molar-refractivity contribution in [1.29, 1.82) is 0 Å². The van der Waals surface area contributed by atoms with E-state index in [-0.39, 0.29) is 0 Å². The number of imidazole rings is 1. The summed E-state index contributed by atoms with van der Waals surface area (Å²) in [6, 6.07) is 5.87. The van der Waals surface area contributed by atoms with Crippen LogP contribution in [0.2, 0.25) is 0 Å². The van der Waals surface area contributed by atoms with E-state index in [1.54, 1.807) is 7.11 Å². The van der Waals surface area contributed by atoms with Crippen molar-refractivity contribution in [3.05, 3.63) is 33.1 Å². The number of methoxy groups -OCH3 is 1. The molecule has 2 heterocycles. The second kappa shape index (κ2) is 5.31. The lowest BCUT2D eigenvalue weighted by molar-refractivity contribution is 0.414. The van der Waals surface area contributed by atoms with E-state index in [0.717, 1.165) is 39.2 Å². The first-order chi connectivity index (χ1) is 10.0. The molecule has 7 heteroatoms. The molecule has 110 valence electrons. The maximum absolute atomic E-state index is 5.49. The van der Waals surface area contributed by atoms with E-state index in [2.05, 4.69) is 32.9 Å². The Hall–Kier alpha value is -1.60. The number of aryl methyl sites for hydroxylation is 2. The molecule has 1 aromatic carbocycles. The molecule has 0 fully saturated rings. The van der Waals surface area contributed by atoms with Crippen LogP contribution in [-0.2, 0) is 13.5 Å². The number of nitrogens with one attached hydrogen (secondary N) is 1. The standard InChI is InChI=1S/C14H15BrN4OS/c1-4-11-12-13(18(2)17-11)19(14(21)16-12)9-5-8(15)6-10(7-9)20-3/h5-7H,4H2,1-3H3,(H,16,21). The minimum Gasteiger partial charge on any atom is -0.497 e. The monoisotopic (exact) mass is 366 g/mol. The van der Waals surface area contributed by atoms with Crippen molar-refractivity contribution in [3.8, 4) is 11.4 Å². The van der Waals surface area contributed by atoms with Crippen LogP contribution in [0.5, 0.6) is 5.75 Å². The molecular weight excluding hydrogens is 352 g/mol. The van der Waals surface area contributed by atoms with Crippen LogP contribution in [0.3, 0.4) is 0 Å². The van der Waals surface area contributed by atoms with Crippen LogP contribution in [0.1, 0.15) is 12.6 Å². The Morgan fingerprint density at radius 3 is 2.81 bits per heavy atom. The fourth-order valence-corrected chi connectivity index (χ4v) is 3.25. The number of benzene rings is 1. The quantitative estimate of drug-likeness (QED) is 0.718. The highest BCUT2D eigenvalue weighted by Gasteiger charge is 2.16. The van der Waals surface area contributed by atoms with Crippen molar-refractivity contribution in [2.45, 2.75) is 13.3 Å². The van der Waals surface area contributed by atoms with Crippen LogP contribution in [0.4, 0.5) is 0 Å². The molecule has 2 aromatic heterocycles. The minimum absolute atomic E-state index is 0.646. The van der Waals surface area contributed by atoms with Gasteiger partial charge >= 0.3 is 0 Å². The third-order valence-corrected chi connectivity index (χ3v) is 4.16. The molecule has 0 aliphatic carbocycles. The second-order valence-electron chi connectivity index (χ2n) is 4.74. The van der Waals surface area contributed by atoms with Crippen molar-refractivity contribution in [1.82, 2.24) is 19.3 Å². The number of nitrogens with zero attached hydrogens (tertiary/aromatic N) is 3. The zero-order valence-corrected chi connectivity index (χ0v) is 14.4. The van der Waals surface area contributed by atoms with E-state index in [1.807, 2.05) is 34.5 Å². The molecule has 0 unspecified atom stereocenters. The predicted octanol–water partition coefficient (Wildman–Crippen LogP) is 3.76. The Morgan fingerprint density at radius 2 is 2.14 bits per heavy atom. The fraction of sp³-hybridized carbons (Fsp3) is 0.286. The Morgan fingerprint density at radius 1 is 1.38 bits per heavy atom. The summed E-state index contributed by atoms with van der Waals surface area (Å²) in [6.07, 6.45) is 0.856. The summed E-state index contributed by atoms with van der Waals surface area (Å²) in [6.45, 7) is 2.08. The lowest BCUT2D eigenvalue weighted by atomic mass is 10.3. The molecule has 0 saturated carbocycles. The van der Waals surface area contributed by atoms with E-state index in [9.17, 15) is 0 Å². The van der Waals surface area contributed by atoms with Gasteiger partial charge in [0.05, 0.1) is 18.5 Å². The maximum Gasteiger partial charge on any atom is 0.184 e. The number of rotatable bonds is 3. The Kier molecular flexibility index (Phi) is 3.62. The molecule has 3 aromatic rings. The summed E-state index contributed by atoms with van der Waals surface area (Å²) in [5.41, 5.74) is 3.89. The van der Waals surface area contributed by atoms with Gasteiger partial charge in [-0.1, -0.05) is 22.9 Å². The highest BCUT2D eigenvalue weighted by molar-refractivity contribution is 9.10. The molecule has 0 saturated heterocycles. The van der Waals surface area contributed by atoms with Gasteiger partial charge in [0, 0.05) is 17.6 Å². The van der Waals surface area contributed by atoms with E-state index in [4.69, 9.17) is 17.0 Å². The molecule has 5 nitrogen and oxygen atoms in total. The van der Waals surface area contributed by atoms with Crippen LogP contribution >= 0.6 is 28.1 Å². The van der Waals surface area contributed by atoms with E-state index >= 15 is 0 Å². The lowest BCUT2D eigenvalue weighted by Gasteiger charge is -2.08. The number of hydrogen-bond acceptors (Lipinski definition) is 3. The minimum atomic E-state index is 0.646. The van der Waals surface area contributed by atoms with Crippen LogP contribution in [0.15, 0.2) is 22.7 Å². The molecule has 3 rings (SSSR count). The predicted molar refractivity (Wildman–Crippen MR) is 88.9 cm³/mol. The van der Waals surface area contributed by atoms with Crippen LogP contribution in [-0.4, -0.2) is 26.4 Å². The number of hydrogen-bond donors (Lipinski definition) is 1. The van der Waals surface area contributed by atoms with Gasteiger partial charge in [-0.25, -0.2) is 4.68 Å². The van der Waals surface area contributed by atoms with Gasteiger partial charge in [-0.05, 0) is 30.8 Å². The van der Waals surface area contributed by atoms with Gasteiger partial charge in [-0.3, -0.25) is 4.57 Å². The van der Waals surface area contributed by atoms with Gasteiger partial charge in [0.2, 0.25) is 0 Å². The van der Waals surface area contributed by atoms with Crippen molar-refractivity contribution < 1.29 is 4.74 Å². The molecule has 0 amide bonds. The average molecular weight is 367 g/mol. The maximum atomic E-state index is 5.49. The third kappa shape index (κ3) is 2.30. The summed E-state index contributed by atoms with van der Waals surface area (Å²) in [5.74, 6) is 0.772. The molecule has 1 N–H and O–H groups in total. The smallest absolute Gasteiger partial charge is 0.184 e. The topological polar surface area (TPSA) is 47.8 Å². The molecule has 0 spiro atoms. The number of aromatic nitrogens is 4. The Labute approximate surface area is 135 Å². The highest BCUT2D eigenvalue weighted by Crippen LogP contribution is 2.27. The first-order valence-corrected chi connectivity index (χ1v) is 7.76. The number of H-pyrrole nitrogens is 1. The van der Waals surface area contributed by atoms with Gasteiger partial charge in [0.15, 0.2) is 10.4 Å². The van der Waals surface area contributed by atoms with Crippen LogP contribution in [0.25, 0.3) is 16.9 Å². The molecule has 0 aliphatic heterocycles. The summed E-state index contributed by atoms with van der Waals surface area (Å²) in [5, 5.41) is 4.54. The first kappa shape index (κ1) is 14.3. The average Bonchev–Trinajstić information content (AvgIpc) is 2.94. The van der Waals surface area contributed by atoms with Gasteiger partial charge in [-0.15, -0.1) is 0 Å². The Bertz CT molecular complexity index is 877. The van der Waals surface area contributed by atoms with Crippen molar-refractivity contribution >= 4 is 39.3 Å². The lowest BCUT2D eigenvalue weighted by Crippen LogP contribution is -2.01. The summed E-state index contributed by atoms with van der Waals surface area (Å²) >= 11 is 8.99. The number of fused-ring (bicyclic) bond motifs is 1. The number of ether oxygens (including phenoxy) is 1. The van der Waals surface area contributed by atoms with Crippen LogP contribution in [0, 0.1) is 4.77 Å². The highest BCUT2D eigenvalue weighted by atomic mass is 79.9.